The van der Waals surface area contributed by atoms with Crippen molar-refractivity contribution >= 4 is 11.6 Å². The highest BCUT2D eigenvalue weighted by Gasteiger charge is 2.29. The van der Waals surface area contributed by atoms with Crippen LogP contribution in [0.3, 0.4) is 0 Å². The number of carbonyl (C=O) groups is 1. The van der Waals surface area contributed by atoms with Gasteiger partial charge in [0.05, 0.1) is 6.10 Å². The maximum absolute atomic E-state index is 12.2. The van der Waals surface area contributed by atoms with Crippen molar-refractivity contribution in [2.45, 2.75) is 32.8 Å². The quantitative estimate of drug-likeness (QED) is 0.797. The first-order valence-corrected chi connectivity index (χ1v) is 7.33. The fourth-order valence-corrected chi connectivity index (χ4v) is 2.20. The van der Waals surface area contributed by atoms with Crippen LogP contribution in [0.1, 0.15) is 37.2 Å². The maximum Gasteiger partial charge on any atom is 0.272 e. The average molecular weight is 277 g/mol. The van der Waals surface area contributed by atoms with E-state index in [-0.39, 0.29) is 12.0 Å². The van der Waals surface area contributed by atoms with Crippen LogP contribution in [0.2, 0.25) is 0 Å². The number of amides is 1. The Hall–Kier alpha value is -1.62. The Labute approximate surface area is 120 Å². The Morgan fingerprint density at radius 2 is 2.20 bits per heavy atom. The highest BCUT2D eigenvalue weighted by Crippen LogP contribution is 2.32. The van der Waals surface area contributed by atoms with Gasteiger partial charge >= 0.3 is 0 Å². The summed E-state index contributed by atoms with van der Waals surface area (Å²) in [4.78, 5) is 18.1. The van der Waals surface area contributed by atoms with Crippen molar-refractivity contribution in [3.63, 3.8) is 0 Å². The SMILES string of the molecule is CCN(CC)C(=O)c1cc(NCC(O)C2CC2)ccn1. The summed E-state index contributed by atoms with van der Waals surface area (Å²) in [5.41, 5.74) is 1.27. The van der Waals surface area contributed by atoms with Gasteiger partial charge in [-0.3, -0.25) is 9.78 Å². The molecule has 1 fully saturated rings. The molecule has 0 bridgehead atoms. The van der Waals surface area contributed by atoms with Gasteiger partial charge in [0.1, 0.15) is 5.69 Å². The molecule has 1 saturated carbocycles. The van der Waals surface area contributed by atoms with E-state index in [4.69, 9.17) is 0 Å². The van der Waals surface area contributed by atoms with Crippen molar-refractivity contribution in [1.82, 2.24) is 9.88 Å². The zero-order valence-electron chi connectivity index (χ0n) is 12.2. The summed E-state index contributed by atoms with van der Waals surface area (Å²) in [6, 6.07) is 3.57. The van der Waals surface area contributed by atoms with Crippen molar-refractivity contribution in [3.05, 3.63) is 24.0 Å². The van der Waals surface area contributed by atoms with E-state index in [1.807, 2.05) is 19.9 Å². The summed E-state index contributed by atoms with van der Waals surface area (Å²) >= 11 is 0. The van der Waals surface area contributed by atoms with Gasteiger partial charge in [0.25, 0.3) is 5.91 Å². The van der Waals surface area contributed by atoms with Crippen molar-refractivity contribution in [2.75, 3.05) is 25.0 Å². The van der Waals surface area contributed by atoms with E-state index in [0.29, 0.717) is 31.2 Å². The van der Waals surface area contributed by atoms with Gasteiger partial charge < -0.3 is 15.3 Å². The number of aliphatic hydroxyl groups excluding tert-OH is 1. The third-order valence-electron chi connectivity index (χ3n) is 3.71. The number of nitrogens with zero attached hydrogens (tertiary/aromatic N) is 2. The molecule has 2 N–H and O–H groups in total. The second-order valence-corrected chi connectivity index (χ2v) is 5.19. The fraction of sp³-hybridized carbons (Fsp3) is 0.600. The molecule has 1 amide bonds. The second kappa shape index (κ2) is 6.70. The molecule has 5 heteroatoms. The summed E-state index contributed by atoms with van der Waals surface area (Å²) in [6.07, 6.45) is 3.56. The minimum absolute atomic E-state index is 0.0543. The lowest BCUT2D eigenvalue weighted by molar-refractivity contribution is 0.0767. The van der Waals surface area contributed by atoms with Crippen molar-refractivity contribution in [2.24, 2.45) is 5.92 Å². The zero-order valence-corrected chi connectivity index (χ0v) is 12.2. The number of carbonyl (C=O) groups excluding carboxylic acids is 1. The van der Waals surface area contributed by atoms with Crippen LogP contribution in [0.15, 0.2) is 18.3 Å². The molecule has 5 nitrogen and oxygen atoms in total. The zero-order chi connectivity index (χ0) is 14.5. The van der Waals surface area contributed by atoms with Crippen LogP contribution in [0.25, 0.3) is 0 Å². The molecule has 1 unspecified atom stereocenters. The van der Waals surface area contributed by atoms with Gasteiger partial charge in [-0.15, -0.1) is 0 Å². The maximum atomic E-state index is 12.2. The predicted octanol–water partition coefficient (Wildman–Crippen LogP) is 1.75. The van der Waals surface area contributed by atoms with Gasteiger partial charge in [-0.2, -0.15) is 0 Å². The molecule has 1 atom stereocenters. The molecule has 0 aliphatic heterocycles. The monoisotopic (exact) mass is 277 g/mol. The topological polar surface area (TPSA) is 65.5 Å². The van der Waals surface area contributed by atoms with Gasteiger partial charge in [-0.25, -0.2) is 0 Å². The van der Waals surface area contributed by atoms with Crippen molar-refractivity contribution in [1.29, 1.82) is 0 Å². The van der Waals surface area contributed by atoms with E-state index < -0.39 is 0 Å². The molecule has 1 aromatic heterocycles. The van der Waals surface area contributed by atoms with Crippen molar-refractivity contribution < 1.29 is 9.90 Å². The lowest BCUT2D eigenvalue weighted by Gasteiger charge is -2.18. The van der Waals surface area contributed by atoms with Gasteiger partial charge in [0.15, 0.2) is 0 Å². The third-order valence-corrected chi connectivity index (χ3v) is 3.71. The Balaban J connectivity index is 1.97. The van der Waals surface area contributed by atoms with Gasteiger partial charge in [0.2, 0.25) is 0 Å². The number of anilines is 1. The average Bonchev–Trinajstić information content (AvgIpc) is 3.31. The Bertz CT molecular complexity index is 456. The van der Waals surface area contributed by atoms with Crippen LogP contribution < -0.4 is 5.32 Å². The van der Waals surface area contributed by atoms with E-state index >= 15 is 0 Å². The Kier molecular flexibility index (Phi) is 4.95. The number of pyridine rings is 1. The standard InChI is InChI=1S/C15H23N3O2/c1-3-18(4-2)15(20)13-9-12(7-8-16-13)17-10-14(19)11-5-6-11/h7-9,11,14,19H,3-6,10H2,1-2H3,(H,16,17). The van der Waals surface area contributed by atoms with Crippen LogP contribution in [-0.4, -0.2) is 46.6 Å². The highest BCUT2D eigenvalue weighted by atomic mass is 16.3. The first kappa shape index (κ1) is 14.8. The minimum Gasteiger partial charge on any atom is -0.391 e. The molecule has 1 aliphatic carbocycles. The lowest BCUT2D eigenvalue weighted by Crippen LogP contribution is -2.31. The number of hydrogen-bond donors (Lipinski definition) is 2. The summed E-state index contributed by atoms with van der Waals surface area (Å²) in [6.45, 7) is 5.78. The van der Waals surface area contributed by atoms with Gasteiger partial charge in [-0.1, -0.05) is 0 Å². The van der Waals surface area contributed by atoms with Gasteiger partial charge in [-0.05, 0) is 44.7 Å². The molecule has 0 spiro atoms. The van der Waals surface area contributed by atoms with Crippen molar-refractivity contribution in [3.8, 4) is 0 Å². The highest BCUT2D eigenvalue weighted by molar-refractivity contribution is 5.93. The summed E-state index contributed by atoms with van der Waals surface area (Å²) < 4.78 is 0. The van der Waals surface area contributed by atoms with E-state index in [1.54, 1.807) is 17.2 Å². The number of aliphatic hydroxyl groups is 1. The van der Waals surface area contributed by atoms with E-state index in [0.717, 1.165) is 18.5 Å². The van der Waals surface area contributed by atoms with E-state index in [2.05, 4.69) is 10.3 Å². The second-order valence-electron chi connectivity index (χ2n) is 5.19. The number of rotatable bonds is 7. The molecule has 20 heavy (non-hydrogen) atoms. The largest absolute Gasteiger partial charge is 0.391 e. The lowest BCUT2D eigenvalue weighted by atomic mass is 10.2. The first-order chi connectivity index (χ1) is 9.65. The minimum atomic E-state index is -0.301. The number of aromatic nitrogens is 1. The van der Waals surface area contributed by atoms with Crippen LogP contribution in [-0.2, 0) is 0 Å². The molecule has 0 radical (unpaired) electrons. The van der Waals surface area contributed by atoms with Crippen LogP contribution >= 0.6 is 0 Å². The predicted molar refractivity (Wildman–Crippen MR) is 78.7 cm³/mol. The Morgan fingerprint density at radius 3 is 2.80 bits per heavy atom. The molecule has 2 rings (SSSR count). The molecular weight excluding hydrogens is 254 g/mol. The molecule has 110 valence electrons. The third kappa shape index (κ3) is 3.70. The van der Waals surface area contributed by atoms with Crippen LogP contribution in [0, 0.1) is 5.92 Å². The number of hydrogen-bond acceptors (Lipinski definition) is 4. The summed E-state index contributed by atoms with van der Waals surface area (Å²) in [5, 5.41) is 13.0. The molecule has 1 aliphatic rings. The van der Waals surface area contributed by atoms with Crippen LogP contribution in [0.4, 0.5) is 5.69 Å². The molecule has 0 aromatic carbocycles. The summed E-state index contributed by atoms with van der Waals surface area (Å²) in [5.74, 6) is 0.391. The Morgan fingerprint density at radius 1 is 1.50 bits per heavy atom. The van der Waals surface area contributed by atoms with E-state index in [1.165, 1.54) is 0 Å². The normalized spacial score (nSPS) is 15.8. The molecule has 1 heterocycles. The molecular formula is C15H23N3O2. The fourth-order valence-electron chi connectivity index (χ4n) is 2.20. The van der Waals surface area contributed by atoms with Crippen LogP contribution in [0.5, 0.6) is 0 Å². The number of nitrogens with one attached hydrogen (secondary N) is 1. The molecule has 1 aromatic rings. The smallest absolute Gasteiger partial charge is 0.272 e. The molecule has 0 saturated heterocycles. The summed E-state index contributed by atoms with van der Waals surface area (Å²) in [7, 11) is 0. The van der Waals surface area contributed by atoms with E-state index in [9.17, 15) is 9.90 Å². The van der Waals surface area contributed by atoms with Gasteiger partial charge in [0, 0.05) is 31.5 Å². The first-order valence-electron chi connectivity index (χ1n) is 7.33.